The largest absolute Gasteiger partial charge is 0.403 e. The maximum absolute atomic E-state index is 5.80. The molecular formula is C13H19ClN6. The van der Waals surface area contributed by atoms with Crippen molar-refractivity contribution in [2.24, 2.45) is 10.7 Å². The maximum atomic E-state index is 5.80. The number of anilines is 1. The Morgan fingerprint density at radius 1 is 1.55 bits per heavy atom. The van der Waals surface area contributed by atoms with E-state index in [1.165, 1.54) is 6.20 Å². The number of aliphatic imine (C=N–C) groups is 1. The van der Waals surface area contributed by atoms with Crippen molar-refractivity contribution in [1.29, 1.82) is 0 Å². The van der Waals surface area contributed by atoms with Crippen LogP contribution in [0.2, 0.25) is 5.15 Å². The number of aromatic nitrogens is 2. The van der Waals surface area contributed by atoms with E-state index in [0.717, 1.165) is 25.9 Å². The number of piperidine rings is 1. The van der Waals surface area contributed by atoms with Gasteiger partial charge in [-0.25, -0.2) is 9.97 Å². The van der Waals surface area contributed by atoms with Crippen molar-refractivity contribution in [1.82, 2.24) is 14.9 Å². The van der Waals surface area contributed by atoms with Crippen LogP contribution in [-0.4, -0.2) is 47.3 Å². The molecule has 2 heterocycles. The number of hydrogen-bond donors (Lipinski definition) is 2. The summed E-state index contributed by atoms with van der Waals surface area (Å²) in [6, 6.07) is 1.97. The van der Waals surface area contributed by atoms with Gasteiger partial charge in [0, 0.05) is 18.6 Å². The lowest BCUT2D eigenvalue weighted by atomic mass is 10.1. The van der Waals surface area contributed by atoms with Crippen LogP contribution in [0.15, 0.2) is 29.2 Å². The summed E-state index contributed by atoms with van der Waals surface area (Å²) in [4.78, 5) is 15.0. The van der Waals surface area contributed by atoms with Crippen molar-refractivity contribution in [2.45, 2.75) is 18.9 Å². The summed E-state index contributed by atoms with van der Waals surface area (Å²) in [6.45, 7) is 2.16. The van der Waals surface area contributed by atoms with Crippen molar-refractivity contribution in [3.63, 3.8) is 0 Å². The molecule has 108 valence electrons. The van der Waals surface area contributed by atoms with E-state index in [2.05, 4.69) is 32.2 Å². The summed E-state index contributed by atoms with van der Waals surface area (Å²) in [6.07, 6.45) is 6.90. The van der Waals surface area contributed by atoms with Gasteiger partial charge in [-0.1, -0.05) is 11.6 Å². The van der Waals surface area contributed by atoms with E-state index in [1.807, 2.05) is 0 Å². The Labute approximate surface area is 123 Å². The Morgan fingerprint density at radius 3 is 2.95 bits per heavy atom. The number of nitrogens with zero attached hydrogens (tertiary/aromatic N) is 4. The normalized spacial score (nSPS) is 18.6. The third-order valence-corrected chi connectivity index (χ3v) is 3.38. The minimum Gasteiger partial charge on any atom is -0.403 e. The van der Waals surface area contributed by atoms with E-state index in [-0.39, 0.29) is 0 Å². The minimum absolute atomic E-state index is 0.350. The number of nitrogens with one attached hydrogen (secondary N) is 1. The van der Waals surface area contributed by atoms with Gasteiger partial charge in [-0.3, -0.25) is 4.99 Å². The van der Waals surface area contributed by atoms with E-state index in [1.54, 1.807) is 18.5 Å². The van der Waals surface area contributed by atoms with Crippen LogP contribution in [0.5, 0.6) is 0 Å². The second-order valence-electron chi connectivity index (χ2n) is 4.76. The molecule has 7 heteroatoms. The maximum Gasteiger partial charge on any atom is 0.228 e. The van der Waals surface area contributed by atoms with Gasteiger partial charge in [0.05, 0.1) is 11.7 Å². The molecule has 20 heavy (non-hydrogen) atoms. The molecule has 0 bridgehead atoms. The number of hydrogen-bond acceptors (Lipinski definition) is 6. The second kappa shape index (κ2) is 7.21. The van der Waals surface area contributed by atoms with E-state index < -0.39 is 0 Å². The molecule has 0 radical (unpaired) electrons. The molecule has 0 aromatic carbocycles. The van der Waals surface area contributed by atoms with Crippen molar-refractivity contribution >= 4 is 23.8 Å². The molecule has 1 saturated heterocycles. The molecule has 6 nitrogen and oxygen atoms in total. The third kappa shape index (κ3) is 4.47. The van der Waals surface area contributed by atoms with Crippen LogP contribution in [-0.2, 0) is 0 Å². The monoisotopic (exact) mass is 294 g/mol. The summed E-state index contributed by atoms with van der Waals surface area (Å²) in [5.74, 6) is 0.407. The van der Waals surface area contributed by atoms with Crippen molar-refractivity contribution in [2.75, 3.05) is 25.5 Å². The van der Waals surface area contributed by atoms with Gasteiger partial charge in [0.15, 0.2) is 0 Å². The molecule has 0 atom stereocenters. The molecule has 0 unspecified atom stereocenters. The molecule has 3 N–H and O–H groups in total. The lowest BCUT2D eigenvalue weighted by molar-refractivity contribution is 0.257. The second-order valence-corrected chi connectivity index (χ2v) is 5.15. The Balaban J connectivity index is 1.92. The number of allylic oxidation sites excluding steroid dienone is 1. The highest BCUT2D eigenvalue weighted by atomic mass is 35.5. The van der Waals surface area contributed by atoms with Gasteiger partial charge < -0.3 is 16.0 Å². The molecule has 1 aliphatic rings. The Hall–Kier alpha value is -1.66. The van der Waals surface area contributed by atoms with Gasteiger partial charge in [-0.15, -0.1) is 0 Å². The predicted octanol–water partition coefficient (Wildman–Crippen LogP) is 1.51. The first kappa shape index (κ1) is 14.7. The van der Waals surface area contributed by atoms with Crippen LogP contribution in [0, 0.1) is 0 Å². The van der Waals surface area contributed by atoms with E-state index in [4.69, 9.17) is 17.3 Å². The Bertz CT molecular complexity index is 493. The van der Waals surface area contributed by atoms with Crippen molar-refractivity contribution in [3.8, 4) is 0 Å². The molecule has 0 spiro atoms. The van der Waals surface area contributed by atoms with Crippen molar-refractivity contribution in [3.05, 3.63) is 29.3 Å². The lowest BCUT2D eigenvalue weighted by Gasteiger charge is -2.26. The summed E-state index contributed by atoms with van der Waals surface area (Å²) in [5.41, 5.74) is 6.24. The average molecular weight is 295 g/mol. The molecule has 1 aromatic heterocycles. The fraction of sp³-hybridized carbons (Fsp3) is 0.462. The highest BCUT2D eigenvalue weighted by Gasteiger charge is 2.14. The van der Waals surface area contributed by atoms with Gasteiger partial charge in [-0.05, 0) is 39.0 Å². The zero-order chi connectivity index (χ0) is 14.4. The smallest absolute Gasteiger partial charge is 0.228 e. The summed E-state index contributed by atoms with van der Waals surface area (Å²) < 4.78 is 0. The molecule has 1 fully saturated rings. The fourth-order valence-corrected chi connectivity index (χ4v) is 2.11. The first-order valence-electron chi connectivity index (χ1n) is 6.56. The molecule has 0 amide bonds. The van der Waals surface area contributed by atoms with Crippen LogP contribution >= 0.6 is 11.6 Å². The molecule has 2 rings (SSSR count). The quantitative estimate of drug-likeness (QED) is 0.650. The van der Waals surface area contributed by atoms with Gasteiger partial charge in [0.25, 0.3) is 0 Å². The van der Waals surface area contributed by atoms with Crippen LogP contribution in [0.4, 0.5) is 5.95 Å². The lowest BCUT2D eigenvalue weighted by Crippen LogP contribution is -2.32. The van der Waals surface area contributed by atoms with E-state index >= 15 is 0 Å². The predicted molar refractivity (Wildman–Crippen MR) is 81.9 cm³/mol. The van der Waals surface area contributed by atoms with E-state index in [0.29, 0.717) is 22.8 Å². The van der Waals surface area contributed by atoms with Crippen LogP contribution in [0.1, 0.15) is 12.8 Å². The highest BCUT2D eigenvalue weighted by molar-refractivity contribution is 6.29. The number of likely N-dealkylation sites (tertiary alicyclic amines) is 1. The standard InChI is InChI=1S/C13H19ClN6/c1-20-6-3-10(4-7-20)17-9-11(8-15)18-13-16-5-2-12(14)19-13/h2,5,8-10H,3-4,6-7,15H2,1H3,(H,16,18,19). The molecule has 1 aliphatic heterocycles. The fourth-order valence-electron chi connectivity index (χ4n) is 1.97. The van der Waals surface area contributed by atoms with Gasteiger partial charge in [0.1, 0.15) is 5.15 Å². The van der Waals surface area contributed by atoms with Crippen LogP contribution in [0.25, 0.3) is 0 Å². The van der Waals surface area contributed by atoms with Gasteiger partial charge >= 0.3 is 0 Å². The molecule has 1 aromatic rings. The van der Waals surface area contributed by atoms with Gasteiger partial charge in [0.2, 0.25) is 5.95 Å². The molecule has 0 aliphatic carbocycles. The van der Waals surface area contributed by atoms with Crippen LogP contribution < -0.4 is 11.1 Å². The number of rotatable bonds is 4. The topological polar surface area (TPSA) is 79.4 Å². The zero-order valence-electron chi connectivity index (χ0n) is 11.5. The zero-order valence-corrected chi connectivity index (χ0v) is 12.2. The average Bonchev–Trinajstić information content (AvgIpc) is 2.45. The third-order valence-electron chi connectivity index (χ3n) is 3.17. The molecular weight excluding hydrogens is 276 g/mol. The Morgan fingerprint density at radius 2 is 2.30 bits per heavy atom. The summed E-state index contributed by atoms with van der Waals surface area (Å²) >= 11 is 5.80. The first-order valence-corrected chi connectivity index (χ1v) is 6.94. The van der Waals surface area contributed by atoms with Gasteiger partial charge in [-0.2, -0.15) is 0 Å². The van der Waals surface area contributed by atoms with E-state index in [9.17, 15) is 0 Å². The molecule has 0 saturated carbocycles. The number of halogens is 1. The Kier molecular flexibility index (Phi) is 5.31. The van der Waals surface area contributed by atoms with Crippen molar-refractivity contribution < 1.29 is 0 Å². The van der Waals surface area contributed by atoms with Crippen LogP contribution in [0.3, 0.4) is 0 Å². The minimum atomic E-state index is 0.350. The highest BCUT2D eigenvalue weighted by Crippen LogP contribution is 2.12. The summed E-state index contributed by atoms with van der Waals surface area (Å²) in [5, 5.41) is 3.37. The first-order chi connectivity index (χ1) is 9.67. The SMILES string of the molecule is CN1CCC(N=CC(=CN)Nc2nccc(Cl)n2)CC1. The summed E-state index contributed by atoms with van der Waals surface area (Å²) in [7, 11) is 2.13. The number of nitrogens with two attached hydrogens (primary N) is 1.